The molecule has 18 heavy (non-hydrogen) atoms. The highest BCUT2D eigenvalue weighted by molar-refractivity contribution is 5.91. The van der Waals surface area contributed by atoms with E-state index in [2.05, 4.69) is 20.0 Å². The molecule has 0 unspecified atom stereocenters. The Labute approximate surface area is 104 Å². The van der Waals surface area contributed by atoms with Gasteiger partial charge in [0.1, 0.15) is 5.76 Å². The second-order valence-corrected chi connectivity index (χ2v) is 4.05. The molecule has 1 amide bonds. The number of carbonyl (C=O) groups is 1. The Bertz CT molecular complexity index is 531. The molecule has 2 heterocycles. The fourth-order valence-corrected chi connectivity index (χ4v) is 1.68. The zero-order chi connectivity index (χ0) is 13.1. The van der Waals surface area contributed by atoms with E-state index in [0.29, 0.717) is 11.6 Å². The summed E-state index contributed by atoms with van der Waals surface area (Å²) in [5, 5.41) is 6.42. The van der Waals surface area contributed by atoms with E-state index < -0.39 is 0 Å². The average Bonchev–Trinajstić information content (AvgIpc) is 2.97. The molecule has 0 aliphatic rings. The molecule has 0 saturated carbocycles. The highest BCUT2D eigenvalue weighted by atomic mass is 16.5. The number of nitrogens with zero attached hydrogens (tertiary/aromatic N) is 2. The largest absolute Gasteiger partial charge is 0.456 e. The van der Waals surface area contributed by atoms with E-state index in [1.54, 1.807) is 13.0 Å². The molecule has 96 valence electrons. The van der Waals surface area contributed by atoms with Crippen molar-refractivity contribution in [3.05, 3.63) is 35.4 Å². The molecule has 1 atom stereocenters. The molecule has 6 nitrogen and oxygen atoms in total. The van der Waals surface area contributed by atoms with Gasteiger partial charge in [0.15, 0.2) is 11.6 Å². The lowest BCUT2D eigenvalue weighted by Gasteiger charge is -2.07. The molecule has 0 aromatic carbocycles. The van der Waals surface area contributed by atoms with E-state index in [0.717, 1.165) is 17.7 Å². The lowest BCUT2D eigenvalue weighted by atomic mass is 10.2. The minimum atomic E-state index is -0.327. The minimum Gasteiger partial charge on any atom is -0.456 e. The van der Waals surface area contributed by atoms with Gasteiger partial charge in [-0.1, -0.05) is 12.1 Å². The second kappa shape index (κ2) is 5.03. The van der Waals surface area contributed by atoms with E-state index in [1.807, 2.05) is 13.8 Å². The maximum atomic E-state index is 11.9. The Morgan fingerprint density at radius 3 is 2.89 bits per heavy atom. The quantitative estimate of drug-likeness (QED) is 0.896. The highest BCUT2D eigenvalue weighted by Gasteiger charge is 2.18. The van der Waals surface area contributed by atoms with Crippen molar-refractivity contribution in [1.82, 2.24) is 15.5 Å². The summed E-state index contributed by atoms with van der Waals surface area (Å²) < 4.78 is 10.1. The summed E-state index contributed by atoms with van der Waals surface area (Å²) in [6.45, 7) is 5.68. The Morgan fingerprint density at radius 1 is 1.56 bits per heavy atom. The Kier molecular flexibility index (Phi) is 3.45. The standard InChI is InChI=1S/C12H15N3O3/c1-4-9-7(2)5-10(18-9)12(16)14-8(3)11-13-6-17-15-11/h5-6,8H,4H2,1-3H3,(H,14,16)/t8-/m0/s1. The number of furan rings is 1. The number of aromatic nitrogens is 2. The first-order chi connectivity index (χ1) is 8.61. The zero-order valence-corrected chi connectivity index (χ0v) is 10.6. The van der Waals surface area contributed by atoms with Gasteiger partial charge in [0.05, 0.1) is 6.04 Å². The van der Waals surface area contributed by atoms with Gasteiger partial charge < -0.3 is 14.3 Å². The van der Waals surface area contributed by atoms with Gasteiger partial charge in [0.25, 0.3) is 5.91 Å². The van der Waals surface area contributed by atoms with Crippen LogP contribution in [0.5, 0.6) is 0 Å². The molecule has 2 aromatic rings. The summed E-state index contributed by atoms with van der Waals surface area (Å²) in [7, 11) is 0. The van der Waals surface area contributed by atoms with Crippen LogP contribution >= 0.6 is 0 Å². The number of hydrogen-bond donors (Lipinski definition) is 1. The second-order valence-electron chi connectivity index (χ2n) is 4.05. The molecule has 0 aliphatic heterocycles. The third-order valence-electron chi connectivity index (χ3n) is 2.68. The Morgan fingerprint density at radius 2 is 2.33 bits per heavy atom. The third-order valence-corrected chi connectivity index (χ3v) is 2.68. The number of rotatable bonds is 4. The fourth-order valence-electron chi connectivity index (χ4n) is 1.68. The van der Waals surface area contributed by atoms with Crippen LogP contribution in [0.25, 0.3) is 0 Å². The number of amides is 1. The molecule has 0 spiro atoms. The van der Waals surface area contributed by atoms with Crippen LogP contribution in [0.15, 0.2) is 21.4 Å². The molecule has 0 radical (unpaired) electrons. The Balaban J connectivity index is 2.07. The molecule has 1 N–H and O–H groups in total. The van der Waals surface area contributed by atoms with Crippen molar-refractivity contribution in [1.29, 1.82) is 0 Å². The van der Waals surface area contributed by atoms with Crippen molar-refractivity contribution in [3.8, 4) is 0 Å². The summed E-state index contributed by atoms with van der Waals surface area (Å²) in [6, 6.07) is 1.41. The van der Waals surface area contributed by atoms with Gasteiger partial charge in [-0.05, 0) is 25.5 Å². The average molecular weight is 249 g/mol. The minimum absolute atomic E-state index is 0.282. The lowest BCUT2D eigenvalue weighted by molar-refractivity contribution is 0.0908. The van der Waals surface area contributed by atoms with Crippen LogP contribution in [0, 0.1) is 6.92 Å². The van der Waals surface area contributed by atoms with Crippen LogP contribution in [0.2, 0.25) is 0 Å². The summed E-state index contributed by atoms with van der Waals surface area (Å²) in [4.78, 5) is 15.8. The van der Waals surface area contributed by atoms with Gasteiger partial charge in [-0.2, -0.15) is 4.98 Å². The molecular weight excluding hydrogens is 234 g/mol. The van der Waals surface area contributed by atoms with Gasteiger partial charge >= 0.3 is 0 Å². The molecule has 2 rings (SSSR count). The number of aryl methyl sites for hydroxylation is 2. The molecule has 0 fully saturated rings. The summed E-state index contributed by atoms with van der Waals surface area (Å²) >= 11 is 0. The van der Waals surface area contributed by atoms with E-state index in [-0.39, 0.29) is 11.9 Å². The van der Waals surface area contributed by atoms with Crippen molar-refractivity contribution in [2.75, 3.05) is 0 Å². The maximum Gasteiger partial charge on any atom is 0.287 e. The monoisotopic (exact) mass is 249 g/mol. The van der Waals surface area contributed by atoms with Crippen LogP contribution in [0.4, 0.5) is 0 Å². The van der Waals surface area contributed by atoms with Crippen LogP contribution in [-0.2, 0) is 6.42 Å². The molecule has 2 aromatic heterocycles. The van der Waals surface area contributed by atoms with Gasteiger partial charge in [-0.25, -0.2) is 0 Å². The van der Waals surface area contributed by atoms with Crippen LogP contribution < -0.4 is 5.32 Å². The first kappa shape index (κ1) is 12.3. The van der Waals surface area contributed by atoms with Crippen molar-refractivity contribution in [2.45, 2.75) is 33.2 Å². The zero-order valence-electron chi connectivity index (χ0n) is 10.6. The molecule has 6 heteroatoms. The van der Waals surface area contributed by atoms with E-state index in [1.165, 1.54) is 6.39 Å². The predicted octanol–water partition coefficient (Wildman–Crippen LogP) is 2.02. The van der Waals surface area contributed by atoms with Gasteiger partial charge in [0.2, 0.25) is 6.39 Å². The first-order valence-electron chi connectivity index (χ1n) is 5.78. The number of hydrogen-bond acceptors (Lipinski definition) is 5. The van der Waals surface area contributed by atoms with Gasteiger partial charge in [-0.3, -0.25) is 4.79 Å². The molecule has 0 aliphatic carbocycles. The number of carbonyl (C=O) groups excluding carboxylic acids is 1. The first-order valence-corrected chi connectivity index (χ1v) is 5.78. The van der Waals surface area contributed by atoms with E-state index in [4.69, 9.17) is 4.42 Å². The van der Waals surface area contributed by atoms with Crippen LogP contribution in [-0.4, -0.2) is 16.0 Å². The summed E-state index contributed by atoms with van der Waals surface area (Å²) in [6.07, 6.45) is 1.99. The molecule has 0 bridgehead atoms. The normalized spacial score (nSPS) is 12.4. The predicted molar refractivity (Wildman–Crippen MR) is 63.0 cm³/mol. The lowest BCUT2D eigenvalue weighted by Crippen LogP contribution is -2.26. The summed E-state index contributed by atoms with van der Waals surface area (Å²) in [5.41, 5.74) is 0.981. The third kappa shape index (κ3) is 2.42. The number of nitrogens with one attached hydrogen (secondary N) is 1. The fraction of sp³-hybridized carbons (Fsp3) is 0.417. The molecule has 0 saturated heterocycles. The van der Waals surface area contributed by atoms with Crippen molar-refractivity contribution < 1.29 is 13.7 Å². The topological polar surface area (TPSA) is 81.2 Å². The Hall–Kier alpha value is -2.11. The van der Waals surface area contributed by atoms with Crippen molar-refractivity contribution >= 4 is 5.91 Å². The maximum absolute atomic E-state index is 11.9. The van der Waals surface area contributed by atoms with E-state index >= 15 is 0 Å². The van der Waals surface area contributed by atoms with Crippen molar-refractivity contribution in [3.63, 3.8) is 0 Å². The SMILES string of the molecule is CCc1oc(C(=O)N[C@@H](C)c2ncon2)cc1C. The summed E-state index contributed by atoms with van der Waals surface area (Å²) in [5.74, 6) is 1.28. The van der Waals surface area contributed by atoms with Crippen LogP contribution in [0.3, 0.4) is 0 Å². The molecular formula is C12H15N3O3. The highest BCUT2D eigenvalue weighted by Crippen LogP contribution is 2.16. The van der Waals surface area contributed by atoms with E-state index in [9.17, 15) is 4.79 Å². The van der Waals surface area contributed by atoms with Gasteiger partial charge in [0, 0.05) is 6.42 Å². The smallest absolute Gasteiger partial charge is 0.287 e. The van der Waals surface area contributed by atoms with Gasteiger partial charge in [-0.15, -0.1) is 0 Å². The van der Waals surface area contributed by atoms with Crippen molar-refractivity contribution in [2.24, 2.45) is 0 Å². The van der Waals surface area contributed by atoms with Crippen LogP contribution in [0.1, 0.15) is 47.6 Å².